The highest BCUT2D eigenvalue weighted by atomic mass is 16.4. The van der Waals surface area contributed by atoms with E-state index in [2.05, 4.69) is 47.5 Å². The van der Waals surface area contributed by atoms with Crippen LogP contribution in [0.2, 0.25) is 0 Å². The fourth-order valence-electron chi connectivity index (χ4n) is 6.73. The molecule has 0 bridgehead atoms. The van der Waals surface area contributed by atoms with Gasteiger partial charge in [-0.3, -0.25) is 48.6 Å². The van der Waals surface area contributed by atoms with E-state index in [9.17, 15) is 48.3 Å². The normalized spacial score (nSPS) is 13.8. The predicted octanol–water partition coefficient (Wildman–Crippen LogP) is -1.59. The van der Waals surface area contributed by atoms with E-state index in [1.165, 1.54) is 6.92 Å². The number of H-pyrrole nitrogens is 1. The molecule has 65 heavy (non-hydrogen) atoms. The van der Waals surface area contributed by atoms with Crippen molar-refractivity contribution < 1.29 is 53.4 Å². The van der Waals surface area contributed by atoms with Gasteiger partial charge in [-0.15, -0.1) is 0 Å². The van der Waals surface area contributed by atoms with E-state index in [0.717, 1.165) is 16.5 Å². The van der Waals surface area contributed by atoms with Crippen molar-refractivity contribution in [3.63, 3.8) is 0 Å². The molecule has 1 aromatic heterocycles. The van der Waals surface area contributed by atoms with E-state index in [4.69, 9.17) is 22.0 Å². The maximum atomic E-state index is 14.0. The number of aromatic nitrogens is 1. The molecule has 7 amide bonds. The van der Waals surface area contributed by atoms with Gasteiger partial charge in [-0.1, -0.05) is 45.9 Å². The van der Waals surface area contributed by atoms with Crippen molar-refractivity contribution in [2.75, 3.05) is 19.6 Å². The highest BCUT2D eigenvalue weighted by Crippen LogP contribution is 2.20. The summed E-state index contributed by atoms with van der Waals surface area (Å²) in [7, 11) is 0. The highest BCUT2D eigenvalue weighted by molar-refractivity contribution is 5.97. The molecule has 0 aliphatic carbocycles. The van der Waals surface area contributed by atoms with Gasteiger partial charge in [0.05, 0.1) is 0 Å². The lowest BCUT2D eigenvalue weighted by Crippen LogP contribution is -2.61. The molecule has 2 rings (SSSR count). The number of unbranched alkanes of at least 4 members (excludes halogenated alkanes) is 1. The maximum absolute atomic E-state index is 14.0. The smallest absolute Gasteiger partial charge is 0.322 e. The number of aromatic amines is 1. The lowest BCUT2D eigenvalue weighted by Gasteiger charge is -2.29. The largest absolute Gasteiger partial charge is 0.481 e. The van der Waals surface area contributed by atoms with Crippen LogP contribution in [-0.4, -0.2) is 130 Å². The molecule has 360 valence electrons. The monoisotopic (exact) mass is 914 g/mol. The molecule has 1 aromatic carbocycles. The van der Waals surface area contributed by atoms with E-state index in [1.54, 1.807) is 33.9 Å². The van der Waals surface area contributed by atoms with Crippen molar-refractivity contribution in [1.29, 1.82) is 5.41 Å². The number of carboxylic acid groups (broad SMARTS) is 2. The number of carbonyl (C=O) groups is 9. The SMILES string of the molecule is CC(=O)N[C@@H](Cc1c[nH]c2ccccc12)C(=O)N[C@H](C(=O)N[C@@H](CCCCN)C(=O)N[C@H](C(=O)N[C@@H](CCC(=O)O)C(=O)N[C@@H](CCCNC(=N)N)C(=O)NCC(=O)O)C(C)C)C(C)C. The Bertz CT molecular complexity index is 1990. The standard InChI is InChI=1S/C42H66N12O11/c1-22(2)34(41(65)52-30(15-16-32(56)57)37(61)50-28(14-10-18-46-42(44)45)36(60)48-21-33(58)59)53-38(62)29(13-8-9-17-43)51-40(64)35(23(3)4)54-39(63)31(49-24(5)55)19-25-20-47-27-12-7-6-11-26(25)27/h6-7,11-12,20,22-23,28-31,34-35,47H,8-10,13-19,21,43H2,1-5H3,(H,48,60)(H,49,55)(H,50,61)(H,51,64)(H,52,65)(H,53,62)(H,54,63)(H,56,57)(H,58,59)(H4,44,45,46)/t28-,29-,30-,31-,34-,35-/m0/s1. The van der Waals surface area contributed by atoms with E-state index in [0.29, 0.717) is 12.8 Å². The number of guanidine groups is 1. The fraction of sp³-hybridized carbons (Fsp3) is 0.571. The summed E-state index contributed by atoms with van der Waals surface area (Å²) in [6.07, 6.45) is 1.85. The van der Waals surface area contributed by atoms with Gasteiger partial charge in [0.1, 0.15) is 42.8 Å². The fourth-order valence-corrected chi connectivity index (χ4v) is 6.73. The van der Waals surface area contributed by atoms with Gasteiger partial charge in [0.2, 0.25) is 41.4 Å². The Kier molecular flexibility index (Phi) is 22.9. The zero-order chi connectivity index (χ0) is 48.8. The second-order valence-corrected chi connectivity index (χ2v) is 16.3. The highest BCUT2D eigenvalue weighted by Gasteiger charge is 2.35. The zero-order valence-electron chi connectivity index (χ0n) is 37.5. The molecular weight excluding hydrogens is 849 g/mol. The first-order valence-corrected chi connectivity index (χ1v) is 21.5. The Morgan fingerprint density at radius 3 is 1.71 bits per heavy atom. The minimum atomic E-state index is -1.55. The molecule has 0 saturated carbocycles. The molecule has 0 aliphatic heterocycles. The van der Waals surface area contributed by atoms with Crippen LogP contribution in [0.5, 0.6) is 0 Å². The van der Waals surface area contributed by atoms with Crippen LogP contribution < -0.4 is 54.0 Å². The van der Waals surface area contributed by atoms with Crippen LogP contribution in [0.4, 0.5) is 0 Å². The Labute approximate surface area is 377 Å². The van der Waals surface area contributed by atoms with Crippen LogP contribution in [0.25, 0.3) is 10.9 Å². The summed E-state index contributed by atoms with van der Waals surface area (Å²) >= 11 is 0. The summed E-state index contributed by atoms with van der Waals surface area (Å²) in [4.78, 5) is 120. The summed E-state index contributed by atoms with van der Waals surface area (Å²) in [6.45, 7) is 7.48. The minimum absolute atomic E-state index is 0.0682. The number of fused-ring (bicyclic) bond motifs is 1. The number of amides is 7. The first-order chi connectivity index (χ1) is 30.6. The molecule has 23 heteroatoms. The number of aliphatic carboxylic acids is 2. The van der Waals surface area contributed by atoms with E-state index < -0.39 is 121 Å². The van der Waals surface area contributed by atoms with Gasteiger partial charge in [0.25, 0.3) is 0 Å². The molecule has 0 spiro atoms. The minimum Gasteiger partial charge on any atom is -0.481 e. The average molecular weight is 915 g/mol. The number of nitrogens with two attached hydrogens (primary N) is 2. The van der Waals surface area contributed by atoms with E-state index in [1.807, 2.05) is 24.3 Å². The van der Waals surface area contributed by atoms with E-state index >= 15 is 0 Å². The molecule has 16 N–H and O–H groups in total. The number of rotatable bonds is 29. The van der Waals surface area contributed by atoms with Crippen molar-refractivity contribution in [2.24, 2.45) is 23.3 Å². The molecular formula is C42H66N12O11. The summed E-state index contributed by atoms with van der Waals surface area (Å²) in [5.41, 5.74) is 12.6. The third-order valence-corrected chi connectivity index (χ3v) is 10.2. The first-order valence-electron chi connectivity index (χ1n) is 21.5. The van der Waals surface area contributed by atoms with Gasteiger partial charge in [-0.2, -0.15) is 0 Å². The molecule has 0 fully saturated rings. The van der Waals surface area contributed by atoms with Crippen molar-refractivity contribution in [3.05, 3.63) is 36.0 Å². The number of nitrogens with one attached hydrogen (secondary N) is 10. The third-order valence-electron chi connectivity index (χ3n) is 10.2. The van der Waals surface area contributed by atoms with Crippen molar-refractivity contribution >= 4 is 70.2 Å². The molecule has 2 aromatic rings. The van der Waals surface area contributed by atoms with Gasteiger partial charge in [-0.25, -0.2) is 0 Å². The van der Waals surface area contributed by atoms with Gasteiger partial charge in [0, 0.05) is 43.4 Å². The topological polar surface area (TPSA) is 382 Å². The van der Waals surface area contributed by atoms with Crippen LogP contribution in [-0.2, 0) is 49.6 Å². The third kappa shape index (κ3) is 19.2. The molecule has 6 atom stereocenters. The average Bonchev–Trinajstić information content (AvgIpc) is 3.64. The molecule has 0 saturated heterocycles. The zero-order valence-corrected chi connectivity index (χ0v) is 37.5. The first kappa shape index (κ1) is 54.4. The molecule has 0 radical (unpaired) electrons. The second-order valence-electron chi connectivity index (χ2n) is 16.3. The summed E-state index contributed by atoms with van der Waals surface area (Å²) < 4.78 is 0. The lowest BCUT2D eigenvalue weighted by atomic mass is 9.99. The number of hydrogen-bond acceptors (Lipinski definition) is 11. The predicted molar refractivity (Wildman–Crippen MR) is 239 cm³/mol. The van der Waals surface area contributed by atoms with Crippen LogP contribution >= 0.6 is 0 Å². The van der Waals surface area contributed by atoms with Crippen molar-refractivity contribution in [1.82, 2.24) is 47.5 Å². The van der Waals surface area contributed by atoms with Crippen molar-refractivity contribution in [2.45, 2.75) is 122 Å². The number of carboxylic acids is 2. The Morgan fingerprint density at radius 2 is 1.17 bits per heavy atom. The Morgan fingerprint density at radius 1 is 0.646 bits per heavy atom. The second kappa shape index (κ2) is 27.4. The van der Waals surface area contributed by atoms with Crippen LogP contribution in [0.1, 0.15) is 85.1 Å². The van der Waals surface area contributed by atoms with Gasteiger partial charge >= 0.3 is 11.9 Å². The van der Waals surface area contributed by atoms with Crippen LogP contribution in [0.15, 0.2) is 30.5 Å². The van der Waals surface area contributed by atoms with Gasteiger partial charge in [-0.05, 0) is 68.5 Å². The Hall–Kier alpha value is -6.78. The molecule has 0 unspecified atom stereocenters. The molecule has 23 nitrogen and oxygen atoms in total. The summed E-state index contributed by atoms with van der Waals surface area (Å²) in [5.74, 6) is -9.48. The summed E-state index contributed by atoms with van der Waals surface area (Å²) in [6, 6.07) is -0.269. The van der Waals surface area contributed by atoms with Crippen LogP contribution in [0.3, 0.4) is 0 Å². The van der Waals surface area contributed by atoms with E-state index in [-0.39, 0.29) is 44.7 Å². The number of hydrogen-bond donors (Lipinski definition) is 14. The quantitative estimate of drug-likeness (QED) is 0.0249. The number of carbonyl (C=O) groups excluding carboxylic acids is 7. The lowest BCUT2D eigenvalue weighted by molar-refractivity contribution is -0.139. The van der Waals surface area contributed by atoms with Gasteiger partial charge < -0.3 is 69.2 Å². The number of para-hydroxylation sites is 1. The van der Waals surface area contributed by atoms with Crippen LogP contribution in [0, 0.1) is 17.2 Å². The Balaban J connectivity index is 2.32. The molecule has 0 aliphatic rings. The number of benzene rings is 1. The summed E-state index contributed by atoms with van der Waals surface area (Å²) in [5, 5.41) is 47.0. The molecule has 1 heterocycles. The van der Waals surface area contributed by atoms with Gasteiger partial charge in [0.15, 0.2) is 5.96 Å². The maximum Gasteiger partial charge on any atom is 0.322 e. The van der Waals surface area contributed by atoms with Crippen molar-refractivity contribution in [3.8, 4) is 0 Å².